The largest absolute Gasteiger partial charge is 0.478 e. The van der Waals surface area contributed by atoms with Gasteiger partial charge in [-0.05, 0) is 19.3 Å². The number of carboxylic acid groups (broad SMARTS) is 1. The molecular formula is C20H38O2. The van der Waals surface area contributed by atoms with Crippen molar-refractivity contribution in [2.45, 2.75) is 110 Å². The van der Waals surface area contributed by atoms with E-state index in [0.29, 0.717) is 12.0 Å². The molecule has 0 amide bonds. The lowest BCUT2D eigenvalue weighted by molar-refractivity contribution is -0.132. The number of hydrogen-bond acceptors (Lipinski definition) is 1. The molecule has 0 aromatic rings. The Labute approximate surface area is 138 Å². The zero-order valence-electron chi connectivity index (χ0n) is 15.0. The Balaban J connectivity index is 3.22. The molecule has 2 heteroatoms. The van der Waals surface area contributed by atoms with Gasteiger partial charge in [-0.1, -0.05) is 97.0 Å². The van der Waals surface area contributed by atoms with Gasteiger partial charge in [-0.2, -0.15) is 0 Å². The fourth-order valence-corrected chi connectivity index (χ4v) is 2.82. The van der Waals surface area contributed by atoms with Crippen molar-refractivity contribution in [1.29, 1.82) is 0 Å². The Morgan fingerprint density at radius 2 is 1.14 bits per heavy atom. The van der Waals surface area contributed by atoms with Crippen molar-refractivity contribution >= 4 is 5.97 Å². The van der Waals surface area contributed by atoms with Crippen molar-refractivity contribution < 1.29 is 9.90 Å². The van der Waals surface area contributed by atoms with Crippen molar-refractivity contribution in [2.24, 2.45) is 0 Å². The van der Waals surface area contributed by atoms with Crippen LogP contribution in [-0.4, -0.2) is 11.1 Å². The molecule has 0 aromatic carbocycles. The van der Waals surface area contributed by atoms with E-state index in [2.05, 4.69) is 6.92 Å². The van der Waals surface area contributed by atoms with Crippen LogP contribution in [0, 0.1) is 0 Å². The van der Waals surface area contributed by atoms with E-state index in [9.17, 15) is 4.79 Å². The average molecular weight is 311 g/mol. The maximum Gasteiger partial charge on any atom is 0.331 e. The van der Waals surface area contributed by atoms with E-state index in [1.165, 1.54) is 77.0 Å². The molecule has 0 heterocycles. The van der Waals surface area contributed by atoms with Gasteiger partial charge in [0, 0.05) is 5.57 Å². The molecule has 0 aromatic heterocycles. The Morgan fingerprint density at radius 1 is 0.727 bits per heavy atom. The molecule has 0 unspecified atom stereocenters. The van der Waals surface area contributed by atoms with E-state index >= 15 is 0 Å². The monoisotopic (exact) mass is 310 g/mol. The first kappa shape index (κ1) is 21.2. The predicted octanol–water partition coefficient (Wildman–Crippen LogP) is 6.89. The van der Waals surface area contributed by atoms with Gasteiger partial charge in [-0.15, -0.1) is 0 Å². The first-order valence-electron chi connectivity index (χ1n) is 9.64. The van der Waals surface area contributed by atoms with Crippen LogP contribution < -0.4 is 0 Å². The highest BCUT2D eigenvalue weighted by atomic mass is 16.4. The van der Waals surface area contributed by atoms with Gasteiger partial charge in [0.15, 0.2) is 0 Å². The van der Waals surface area contributed by atoms with E-state index in [-0.39, 0.29) is 0 Å². The fourth-order valence-electron chi connectivity index (χ4n) is 2.82. The molecule has 22 heavy (non-hydrogen) atoms. The molecular weight excluding hydrogens is 272 g/mol. The summed E-state index contributed by atoms with van der Waals surface area (Å²) in [6, 6.07) is 0. The van der Waals surface area contributed by atoms with Gasteiger partial charge in [-0.25, -0.2) is 4.79 Å². The van der Waals surface area contributed by atoms with Gasteiger partial charge in [-0.3, -0.25) is 0 Å². The van der Waals surface area contributed by atoms with Crippen molar-refractivity contribution in [3.8, 4) is 0 Å². The number of aliphatic carboxylic acids is 1. The average Bonchev–Trinajstić information content (AvgIpc) is 2.51. The molecule has 0 atom stereocenters. The summed E-state index contributed by atoms with van der Waals surface area (Å²) in [5.74, 6) is -0.753. The van der Waals surface area contributed by atoms with E-state index in [4.69, 9.17) is 5.11 Å². The molecule has 2 nitrogen and oxygen atoms in total. The summed E-state index contributed by atoms with van der Waals surface area (Å²) in [7, 11) is 0. The molecule has 0 aliphatic rings. The number of hydrogen-bond donors (Lipinski definition) is 1. The van der Waals surface area contributed by atoms with Crippen molar-refractivity contribution in [3.05, 3.63) is 11.6 Å². The minimum atomic E-state index is -0.753. The summed E-state index contributed by atoms with van der Waals surface area (Å²) < 4.78 is 0. The van der Waals surface area contributed by atoms with E-state index in [1.54, 1.807) is 0 Å². The van der Waals surface area contributed by atoms with E-state index in [0.717, 1.165) is 12.8 Å². The second kappa shape index (κ2) is 16.6. The lowest BCUT2D eigenvalue weighted by atomic mass is 10.0. The molecule has 130 valence electrons. The van der Waals surface area contributed by atoms with Crippen molar-refractivity contribution in [2.75, 3.05) is 0 Å². The van der Waals surface area contributed by atoms with E-state index in [1.807, 2.05) is 13.0 Å². The summed E-state index contributed by atoms with van der Waals surface area (Å²) in [4.78, 5) is 10.8. The zero-order valence-corrected chi connectivity index (χ0v) is 15.0. The van der Waals surface area contributed by atoms with Crippen LogP contribution in [0.15, 0.2) is 11.6 Å². The first-order chi connectivity index (χ1) is 10.7. The summed E-state index contributed by atoms with van der Waals surface area (Å²) in [6.07, 6.45) is 21.1. The van der Waals surface area contributed by atoms with Gasteiger partial charge in [0.1, 0.15) is 0 Å². The summed E-state index contributed by atoms with van der Waals surface area (Å²) in [5, 5.41) is 8.91. The second-order valence-electron chi connectivity index (χ2n) is 6.42. The molecule has 0 saturated heterocycles. The lowest BCUT2D eigenvalue weighted by Crippen LogP contribution is -1.98. The standard InChI is InChI=1S/C20H38O2/c1-3-5-6-7-8-9-10-11-12-13-14-15-16-17-18-19(4-2)20(21)22/h18H,3-17H2,1-2H3,(H,21,22). The molecule has 0 spiro atoms. The summed E-state index contributed by atoms with van der Waals surface area (Å²) in [6.45, 7) is 4.18. The zero-order chi connectivity index (χ0) is 16.5. The Kier molecular flexibility index (Phi) is 16.0. The summed E-state index contributed by atoms with van der Waals surface area (Å²) >= 11 is 0. The number of rotatable bonds is 16. The molecule has 0 aliphatic carbocycles. The van der Waals surface area contributed by atoms with Crippen LogP contribution in [0.25, 0.3) is 0 Å². The highest BCUT2D eigenvalue weighted by Crippen LogP contribution is 2.13. The molecule has 0 radical (unpaired) electrons. The molecule has 1 N–H and O–H groups in total. The third kappa shape index (κ3) is 14.2. The maximum atomic E-state index is 10.8. The molecule has 0 fully saturated rings. The van der Waals surface area contributed by atoms with Crippen LogP contribution in [0.4, 0.5) is 0 Å². The number of carboxylic acids is 1. The van der Waals surface area contributed by atoms with Crippen LogP contribution in [0.2, 0.25) is 0 Å². The third-order valence-electron chi connectivity index (χ3n) is 4.35. The van der Waals surface area contributed by atoms with Crippen molar-refractivity contribution in [3.63, 3.8) is 0 Å². The third-order valence-corrected chi connectivity index (χ3v) is 4.35. The topological polar surface area (TPSA) is 37.3 Å². The van der Waals surface area contributed by atoms with Crippen molar-refractivity contribution in [1.82, 2.24) is 0 Å². The van der Waals surface area contributed by atoms with Gasteiger partial charge < -0.3 is 5.11 Å². The second-order valence-corrected chi connectivity index (χ2v) is 6.42. The number of carbonyl (C=O) groups is 1. The smallest absolute Gasteiger partial charge is 0.331 e. The summed E-state index contributed by atoms with van der Waals surface area (Å²) in [5.41, 5.74) is 0.568. The first-order valence-corrected chi connectivity index (χ1v) is 9.64. The molecule has 0 rings (SSSR count). The predicted molar refractivity (Wildman–Crippen MR) is 96.3 cm³/mol. The van der Waals surface area contributed by atoms with Crippen LogP contribution >= 0.6 is 0 Å². The minimum absolute atomic E-state index is 0.568. The Hall–Kier alpha value is -0.790. The Bertz CT molecular complexity index is 281. The Morgan fingerprint density at radius 3 is 1.50 bits per heavy atom. The van der Waals surface area contributed by atoms with Gasteiger partial charge in [0.25, 0.3) is 0 Å². The maximum absolute atomic E-state index is 10.8. The molecule has 0 bridgehead atoms. The minimum Gasteiger partial charge on any atom is -0.478 e. The van der Waals surface area contributed by atoms with Crippen LogP contribution in [0.3, 0.4) is 0 Å². The highest BCUT2D eigenvalue weighted by Gasteiger charge is 2.02. The quantitative estimate of drug-likeness (QED) is 0.249. The van der Waals surface area contributed by atoms with Gasteiger partial charge in [0.05, 0.1) is 0 Å². The van der Waals surface area contributed by atoms with Crippen LogP contribution in [-0.2, 0) is 4.79 Å². The van der Waals surface area contributed by atoms with Crippen LogP contribution in [0.1, 0.15) is 110 Å². The van der Waals surface area contributed by atoms with E-state index < -0.39 is 5.97 Å². The van der Waals surface area contributed by atoms with Gasteiger partial charge >= 0.3 is 5.97 Å². The SMILES string of the molecule is CCCCCCCCCCCCCCCC=C(CC)C(=O)O. The van der Waals surface area contributed by atoms with Gasteiger partial charge in [0.2, 0.25) is 0 Å². The normalized spacial score (nSPS) is 11.8. The highest BCUT2D eigenvalue weighted by molar-refractivity contribution is 5.86. The fraction of sp³-hybridized carbons (Fsp3) is 0.850. The van der Waals surface area contributed by atoms with Crippen LogP contribution in [0.5, 0.6) is 0 Å². The molecule has 0 aliphatic heterocycles. The number of allylic oxidation sites excluding steroid dienone is 1. The lowest BCUT2D eigenvalue weighted by Gasteiger charge is -2.03. The molecule has 0 saturated carbocycles. The number of unbranched alkanes of at least 4 members (excludes halogenated alkanes) is 13.